The molecule has 13 nitrogen and oxygen atoms in total. The summed E-state index contributed by atoms with van der Waals surface area (Å²) in [4.78, 5) is 56.9. The van der Waals surface area contributed by atoms with Crippen LogP contribution in [0.4, 0.5) is 10.5 Å². The van der Waals surface area contributed by atoms with Crippen LogP contribution in [0.3, 0.4) is 0 Å². The first-order chi connectivity index (χ1) is 16.0. The Morgan fingerprint density at radius 2 is 1.71 bits per heavy atom. The average molecular weight is 488 g/mol. The normalized spacial score (nSPS) is 18.3. The van der Waals surface area contributed by atoms with Gasteiger partial charge in [-0.25, -0.2) is 14.2 Å². The van der Waals surface area contributed by atoms with Crippen molar-refractivity contribution in [3.8, 4) is 5.88 Å². The van der Waals surface area contributed by atoms with Crippen LogP contribution < -0.4 is 11.2 Å². The van der Waals surface area contributed by atoms with Crippen LogP contribution in [0.5, 0.6) is 5.88 Å². The number of urea groups is 1. The van der Waals surface area contributed by atoms with Gasteiger partial charge in [0.1, 0.15) is 0 Å². The van der Waals surface area contributed by atoms with E-state index in [1.165, 1.54) is 37.7 Å². The van der Waals surface area contributed by atoms with Crippen molar-refractivity contribution < 1.29 is 19.3 Å². The smallest absolute Gasteiger partial charge is 0.453 e. The zero-order valence-corrected chi connectivity index (χ0v) is 19.4. The summed E-state index contributed by atoms with van der Waals surface area (Å²) in [5, 5.41) is 18.4. The average Bonchev–Trinajstić information content (AvgIpc) is 3.15. The lowest BCUT2D eigenvalue weighted by molar-refractivity contribution is -0.506. The molecular weight excluding hydrogens is 468 g/mol. The number of carbonyl (C=O) groups excluding carboxylic acids is 2. The van der Waals surface area contributed by atoms with Gasteiger partial charge < -0.3 is 5.11 Å². The molecule has 1 N–H and O–H groups in total. The molecule has 0 spiro atoms. The minimum atomic E-state index is -0.944. The van der Waals surface area contributed by atoms with Crippen LogP contribution in [0.15, 0.2) is 49.1 Å². The number of imide groups is 1. The molecule has 1 fully saturated rings. The van der Waals surface area contributed by atoms with E-state index in [2.05, 4.69) is 15.2 Å². The zero-order chi connectivity index (χ0) is 24.9. The number of likely N-dealkylation sites (N-methyl/N-ethyl adjacent to an activating group) is 2. The number of aromatic hydroxyl groups is 1. The first kappa shape index (κ1) is 23.0. The molecule has 0 radical (unpaired) electrons. The molecule has 34 heavy (non-hydrogen) atoms. The summed E-state index contributed by atoms with van der Waals surface area (Å²) in [6.45, 7) is 0.0373. The summed E-state index contributed by atoms with van der Waals surface area (Å²) in [7, 11) is 5.53. The highest BCUT2D eigenvalue weighted by Gasteiger charge is 2.51. The highest BCUT2D eigenvalue weighted by Crippen LogP contribution is 2.23. The largest absolute Gasteiger partial charge is 0.493 e. The highest BCUT2D eigenvalue weighted by atomic mass is 35.5. The SMILES string of the molecule is CN1C(=O)N(Cc2ccc(Cl)cc2)C(=O)C2C1=NC(N=Nc1c(O)n(C)c(=O)n(C)c1=O)=[N+]2C. The monoisotopic (exact) mass is 487 g/mol. The molecule has 3 heterocycles. The minimum Gasteiger partial charge on any atom is -0.493 e. The van der Waals surface area contributed by atoms with Gasteiger partial charge in [0.15, 0.2) is 0 Å². The minimum absolute atomic E-state index is 0.0373. The maximum Gasteiger partial charge on any atom is 0.453 e. The molecule has 2 aromatic rings. The van der Waals surface area contributed by atoms with E-state index in [-0.39, 0.29) is 18.3 Å². The maximum absolute atomic E-state index is 13.2. The summed E-state index contributed by atoms with van der Waals surface area (Å²) in [5.74, 6) is -1.08. The van der Waals surface area contributed by atoms with E-state index in [4.69, 9.17) is 11.6 Å². The third kappa shape index (κ3) is 3.59. The second-order valence-electron chi connectivity index (χ2n) is 7.75. The number of carbonyl (C=O) groups is 2. The number of benzene rings is 1. The number of hydrogen-bond acceptors (Lipinski definition) is 8. The van der Waals surface area contributed by atoms with Crippen LogP contribution in [-0.4, -0.2) is 72.5 Å². The van der Waals surface area contributed by atoms with Crippen LogP contribution >= 0.6 is 11.6 Å². The fraction of sp³-hybridized carbons (Fsp3) is 0.300. The molecule has 0 bridgehead atoms. The molecule has 1 saturated heterocycles. The Labute approximate surface area is 197 Å². The molecule has 1 atom stereocenters. The van der Waals surface area contributed by atoms with E-state index in [1.807, 2.05) is 0 Å². The molecule has 2 aliphatic rings. The van der Waals surface area contributed by atoms with Crippen LogP contribution in [0.25, 0.3) is 0 Å². The molecule has 1 unspecified atom stereocenters. The second-order valence-corrected chi connectivity index (χ2v) is 8.19. The van der Waals surface area contributed by atoms with Crippen molar-refractivity contribution in [1.29, 1.82) is 0 Å². The number of aromatic nitrogens is 2. The summed E-state index contributed by atoms with van der Waals surface area (Å²) in [6, 6.07) is 5.26. The summed E-state index contributed by atoms with van der Waals surface area (Å²) >= 11 is 5.91. The number of halogens is 1. The van der Waals surface area contributed by atoms with Gasteiger partial charge in [-0.1, -0.05) is 28.8 Å². The first-order valence-electron chi connectivity index (χ1n) is 9.95. The summed E-state index contributed by atoms with van der Waals surface area (Å²) < 4.78 is 3.02. The van der Waals surface area contributed by atoms with Crippen LogP contribution in [0.2, 0.25) is 5.02 Å². The predicted octanol–water partition coefficient (Wildman–Crippen LogP) is 0.400. The Balaban J connectivity index is 1.69. The van der Waals surface area contributed by atoms with E-state index in [9.17, 15) is 24.3 Å². The van der Waals surface area contributed by atoms with Gasteiger partial charge in [0.05, 0.1) is 13.6 Å². The zero-order valence-electron chi connectivity index (χ0n) is 18.6. The number of fused-ring (bicyclic) bond motifs is 1. The molecule has 2 aliphatic heterocycles. The fourth-order valence-electron chi connectivity index (χ4n) is 3.60. The van der Waals surface area contributed by atoms with Gasteiger partial charge in [-0.05, 0) is 22.7 Å². The van der Waals surface area contributed by atoms with Gasteiger partial charge in [0.25, 0.3) is 11.5 Å². The Bertz CT molecular complexity index is 1440. The number of rotatable bonds is 3. The van der Waals surface area contributed by atoms with Crippen LogP contribution in [0, 0.1) is 0 Å². The van der Waals surface area contributed by atoms with Crippen molar-refractivity contribution in [1.82, 2.24) is 18.9 Å². The molecular formula is C20H20ClN8O5+. The fourth-order valence-corrected chi connectivity index (χ4v) is 3.72. The van der Waals surface area contributed by atoms with Crippen molar-refractivity contribution in [2.75, 3.05) is 14.1 Å². The second kappa shape index (κ2) is 8.33. The topological polar surface area (TPSA) is 145 Å². The van der Waals surface area contributed by atoms with Crippen molar-refractivity contribution >= 4 is 41.0 Å². The molecule has 14 heteroatoms. The van der Waals surface area contributed by atoms with E-state index in [0.717, 1.165) is 14.0 Å². The third-order valence-corrected chi connectivity index (χ3v) is 5.88. The van der Waals surface area contributed by atoms with Gasteiger partial charge in [-0.3, -0.25) is 28.5 Å². The van der Waals surface area contributed by atoms with Gasteiger partial charge in [0, 0.05) is 31.3 Å². The number of hydrogen-bond donors (Lipinski definition) is 1. The van der Waals surface area contributed by atoms with Gasteiger partial charge in [-0.15, -0.1) is 0 Å². The highest BCUT2D eigenvalue weighted by molar-refractivity contribution is 6.30. The van der Waals surface area contributed by atoms with Crippen LogP contribution in [-0.2, 0) is 25.4 Å². The van der Waals surface area contributed by atoms with Gasteiger partial charge in [-0.2, -0.15) is 0 Å². The Hall–Kier alpha value is -4.13. The summed E-state index contributed by atoms with van der Waals surface area (Å²) in [6.07, 6.45) is 0. The van der Waals surface area contributed by atoms with E-state index >= 15 is 0 Å². The first-order valence-corrected chi connectivity index (χ1v) is 10.3. The van der Waals surface area contributed by atoms with Crippen molar-refractivity contribution in [3.63, 3.8) is 0 Å². The molecule has 0 saturated carbocycles. The number of amidine groups is 1. The molecule has 176 valence electrons. The number of aliphatic imine (C=N–C) groups is 1. The molecule has 0 aliphatic carbocycles. The van der Waals surface area contributed by atoms with Crippen molar-refractivity contribution in [2.45, 2.75) is 12.6 Å². The van der Waals surface area contributed by atoms with Gasteiger partial charge >= 0.3 is 17.7 Å². The standard InChI is InChI=1S/C20H19ClN8O5/c1-25-13-14(22-18(25)24-23-12-15(30)27(3)19(33)28(4)16(12)31)26(2)20(34)29(17(13)32)9-10-5-7-11(21)8-6-10/h5-8,13H,9H2,1-4H3/p+1. The Morgan fingerprint density at radius 1 is 1.06 bits per heavy atom. The third-order valence-electron chi connectivity index (χ3n) is 5.63. The van der Waals surface area contributed by atoms with Crippen molar-refractivity contribution in [3.05, 3.63) is 55.7 Å². The number of amides is 3. The lowest BCUT2D eigenvalue weighted by Crippen LogP contribution is -2.62. The molecule has 1 aromatic heterocycles. The Morgan fingerprint density at radius 3 is 2.35 bits per heavy atom. The predicted molar refractivity (Wildman–Crippen MR) is 121 cm³/mol. The molecule has 1 aromatic carbocycles. The molecule has 4 rings (SSSR count). The quantitative estimate of drug-likeness (QED) is 0.492. The van der Waals surface area contributed by atoms with Gasteiger partial charge in [0.2, 0.25) is 23.4 Å². The van der Waals surface area contributed by atoms with Crippen LogP contribution in [0.1, 0.15) is 5.56 Å². The van der Waals surface area contributed by atoms with E-state index in [1.54, 1.807) is 24.3 Å². The lowest BCUT2D eigenvalue weighted by Gasteiger charge is -2.33. The van der Waals surface area contributed by atoms with Crippen molar-refractivity contribution in [2.24, 2.45) is 29.3 Å². The van der Waals surface area contributed by atoms with E-state index < -0.39 is 40.8 Å². The number of guanidine groups is 1. The summed E-state index contributed by atoms with van der Waals surface area (Å²) in [5.41, 5.74) is -1.34. The Kier molecular flexibility index (Phi) is 5.65. The lowest BCUT2D eigenvalue weighted by atomic mass is 10.1. The number of azo groups is 1. The van der Waals surface area contributed by atoms with E-state index in [0.29, 0.717) is 10.6 Å². The molecule has 3 amide bonds. The number of nitrogens with zero attached hydrogens (tertiary/aromatic N) is 8. The maximum atomic E-state index is 13.2.